The van der Waals surface area contributed by atoms with Crippen LogP contribution in [-0.2, 0) is 17.8 Å². The van der Waals surface area contributed by atoms with Crippen LogP contribution in [0.15, 0.2) is 57.4 Å². The number of aryl methyl sites for hydroxylation is 1. The van der Waals surface area contributed by atoms with Gasteiger partial charge in [-0.1, -0.05) is 35.9 Å². The van der Waals surface area contributed by atoms with Crippen molar-refractivity contribution in [1.82, 2.24) is 20.1 Å². The molecule has 0 radical (unpaired) electrons. The van der Waals surface area contributed by atoms with Crippen molar-refractivity contribution < 1.29 is 13.6 Å². The number of aromatic nitrogens is 3. The first-order chi connectivity index (χ1) is 14.5. The summed E-state index contributed by atoms with van der Waals surface area (Å²) in [6.07, 6.45) is 0.696. The van der Waals surface area contributed by atoms with Gasteiger partial charge in [0.25, 0.3) is 0 Å². The summed E-state index contributed by atoms with van der Waals surface area (Å²) in [6, 6.07) is 14.8. The summed E-state index contributed by atoms with van der Waals surface area (Å²) in [5.41, 5.74) is 2.17. The molecule has 0 aliphatic rings. The standard InChI is InChI=1S/C22H21ClN4O3/c1-14(2)27(13-20-25-26-22(30-20)15-7-3-4-8-16(15)23)21(28)12-11-19-24-17-9-5-6-10-18(17)29-19/h3-10,14H,11-13H2,1-2H3. The first kappa shape index (κ1) is 20.1. The van der Waals surface area contributed by atoms with Gasteiger partial charge in [0.15, 0.2) is 11.5 Å². The molecule has 2 aromatic heterocycles. The molecule has 0 atom stereocenters. The lowest BCUT2D eigenvalue weighted by Crippen LogP contribution is -2.36. The molecule has 30 heavy (non-hydrogen) atoms. The summed E-state index contributed by atoms with van der Waals surface area (Å²) in [5.74, 6) is 1.20. The Labute approximate surface area is 178 Å². The molecule has 0 N–H and O–H groups in total. The smallest absolute Gasteiger partial charge is 0.249 e. The number of rotatable bonds is 7. The normalized spacial score (nSPS) is 11.3. The number of hydrogen-bond donors (Lipinski definition) is 0. The summed E-state index contributed by atoms with van der Waals surface area (Å²) in [4.78, 5) is 19.0. The minimum atomic E-state index is -0.0373. The van der Waals surface area contributed by atoms with Crippen molar-refractivity contribution in [3.63, 3.8) is 0 Å². The van der Waals surface area contributed by atoms with Gasteiger partial charge in [0.05, 0.1) is 17.1 Å². The SMILES string of the molecule is CC(C)N(Cc1nnc(-c2ccccc2Cl)o1)C(=O)CCc1nc2ccccc2o1. The maximum absolute atomic E-state index is 12.9. The number of nitrogens with zero attached hydrogens (tertiary/aromatic N) is 4. The lowest BCUT2D eigenvalue weighted by atomic mass is 10.2. The minimum Gasteiger partial charge on any atom is -0.441 e. The molecule has 8 heteroatoms. The zero-order valence-electron chi connectivity index (χ0n) is 16.7. The van der Waals surface area contributed by atoms with Crippen molar-refractivity contribution in [2.24, 2.45) is 0 Å². The molecular formula is C22H21ClN4O3. The number of amides is 1. The lowest BCUT2D eigenvalue weighted by molar-refractivity contribution is -0.134. The summed E-state index contributed by atoms with van der Waals surface area (Å²) in [5, 5.41) is 8.69. The Morgan fingerprint density at radius 3 is 2.57 bits per heavy atom. The fourth-order valence-electron chi connectivity index (χ4n) is 3.15. The monoisotopic (exact) mass is 424 g/mol. The average Bonchev–Trinajstić information content (AvgIpc) is 3.37. The van der Waals surface area contributed by atoms with E-state index < -0.39 is 0 Å². The van der Waals surface area contributed by atoms with Gasteiger partial charge >= 0.3 is 0 Å². The van der Waals surface area contributed by atoms with Gasteiger partial charge in [-0.3, -0.25) is 4.79 Å². The third-order valence-electron chi connectivity index (χ3n) is 4.71. The third-order valence-corrected chi connectivity index (χ3v) is 5.04. The van der Waals surface area contributed by atoms with Crippen LogP contribution in [-0.4, -0.2) is 32.0 Å². The van der Waals surface area contributed by atoms with Crippen LogP contribution in [0.25, 0.3) is 22.6 Å². The first-order valence-electron chi connectivity index (χ1n) is 9.72. The number of benzene rings is 2. The molecule has 0 aliphatic carbocycles. The van der Waals surface area contributed by atoms with Gasteiger partial charge in [-0.2, -0.15) is 0 Å². The Morgan fingerprint density at radius 1 is 1.03 bits per heavy atom. The van der Waals surface area contributed by atoms with Crippen LogP contribution in [0.2, 0.25) is 5.02 Å². The molecule has 0 saturated heterocycles. The highest BCUT2D eigenvalue weighted by Crippen LogP contribution is 2.26. The van der Waals surface area contributed by atoms with Gasteiger partial charge in [-0.15, -0.1) is 10.2 Å². The van der Waals surface area contributed by atoms with Gasteiger partial charge in [-0.25, -0.2) is 4.98 Å². The number of carbonyl (C=O) groups is 1. The molecule has 154 valence electrons. The predicted molar refractivity (Wildman–Crippen MR) is 113 cm³/mol. The molecule has 0 aliphatic heterocycles. The van der Waals surface area contributed by atoms with Gasteiger partial charge in [0.1, 0.15) is 5.52 Å². The minimum absolute atomic E-state index is 0.0307. The van der Waals surface area contributed by atoms with E-state index in [0.29, 0.717) is 34.7 Å². The molecule has 0 saturated carbocycles. The van der Waals surface area contributed by atoms with E-state index in [1.54, 1.807) is 11.0 Å². The Bertz CT molecular complexity index is 1130. The molecular weight excluding hydrogens is 404 g/mol. The highest BCUT2D eigenvalue weighted by atomic mass is 35.5. The van der Waals surface area contributed by atoms with E-state index in [-0.39, 0.29) is 24.9 Å². The van der Waals surface area contributed by atoms with E-state index in [4.69, 9.17) is 20.4 Å². The van der Waals surface area contributed by atoms with Crippen LogP contribution < -0.4 is 0 Å². The van der Waals surface area contributed by atoms with Crippen LogP contribution >= 0.6 is 11.6 Å². The van der Waals surface area contributed by atoms with Gasteiger partial charge in [-0.05, 0) is 38.1 Å². The van der Waals surface area contributed by atoms with E-state index >= 15 is 0 Å². The second-order valence-electron chi connectivity index (χ2n) is 7.17. The molecule has 7 nitrogen and oxygen atoms in total. The maximum Gasteiger partial charge on any atom is 0.249 e. The molecule has 4 rings (SSSR count). The van der Waals surface area contributed by atoms with Crippen molar-refractivity contribution in [1.29, 1.82) is 0 Å². The molecule has 0 spiro atoms. The van der Waals surface area contributed by atoms with Crippen LogP contribution in [0.3, 0.4) is 0 Å². The Hall–Kier alpha value is -3.19. The molecule has 4 aromatic rings. The van der Waals surface area contributed by atoms with Crippen LogP contribution in [0.1, 0.15) is 32.0 Å². The summed E-state index contributed by atoms with van der Waals surface area (Å²) in [6.45, 7) is 4.12. The van der Waals surface area contributed by atoms with Gasteiger partial charge in [0.2, 0.25) is 17.7 Å². The van der Waals surface area contributed by atoms with Crippen molar-refractivity contribution in [2.45, 2.75) is 39.3 Å². The van der Waals surface area contributed by atoms with Crippen molar-refractivity contribution in [3.8, 4) is 11.5 Å². The predicted octanol–water partition coefficient (Wildman–Crippen LogP) is 4.90. The zero-order chi connectivity index (χ0) is 21.1. The highest BCUT2D eigenvalue weighted by Gasteiger charge is 2.21. The van der Waals surface area contributed by atoms with Crippen LogP contribution in [0, 0.1) is 0 Å². The summed E-state index contributed by atoms with van der Waals surface area (Å²) >= 11 is 6.20. The number of carbonyl (C=O) groups excluding carboxylic acids is 1. The maximum atomic E-state index is 12.9. The van der Waals surface area contributed by atoms with E-state index in [2.05, 4.69) is 15.2 Å². The topological polar surface area (TPSA) is 85.3 Å². The third kappa shape index (κ3) is 4.36. The Balaban J connectivity index is 1.43. The fourth-order valence-corrected chi connectivity index (χ4v) is 3.37. The van der Waals surface area contributed by atoms with Crippen LogP contribution in [0.4, 0.5) is 0 Å². The lowest BCUT2D eigenvalue weighted by Gasteiger charge is -2.25. The molecule has 0 fully saturated rings. The fraction of sp³-hybridized carbons (Fsp3) is 0.273. The summed E-state index contributed by atoms with van der Waals surface area (Å²) < 4.78 is 11.5. The molecule has 1 amide bonds. The molecule has 0 bridgehead atoms. The molecule has 2 aromatic carbocycles. The second-order valence-corrected chi connectivity index (χ2v) is 7.58. The van der Waals surface area contributed by atoms with Crippen molar-refractivity contribution >= 4 is 28.6 Å². The Kier molecular flexibility index (Phi) is 5.81. The van der Waals surface area contributed by atoms with E-state index in [0.717, 1.165) is 11.1 Å². The quantitative estimate of drug-likeness (QED) is 0.419. The number of oxazole rings is 1. The summed E-state index contributed by atoms with van der Waals surface area (Å²) in [7, 11) is 0. The van der Waals surface area contributed by atoms with Gasteiger partial charge < -0.3 is 13.7 Å². The number of para-hydroxylation sites is 2. The zero-order valence-corrected chi connectivity index (χ0v) is 17.5. The number of halogens is 1. The largest absolute Gasteiger partial charge is 0.441 e. The van der Waals surface area contributed by atoms with Crippen molar-refractivity contribution in [3.05, 3.63) is 65.3 Å². The van der Waals surface area contributed by atoms with Crippen LogP contribution in [0.5, 0.6) is 0 Å². The second kappa shape index (κ2) is 8.67. The van der Waals surface area contributed by atoms with E-state index in [1.807, 2.05) is 56.3 Å². The van der Waals surface area contributed by atoms with Crippen molar-refractivity contribution in [2.75, 3.05) is 0 Å². The van der Waals surface area contributed by atoms with E-state index in [9.17, 15) is 4.79 Å². The van der Waals surface area contributed by atoms with E-state index in [1.165, 1.54) is 0 Å². The molecule has 0 unspecified atom stereocenters. The number of fused-ring (bicyclic) bond motifs is 1. The Morgan fingerprint density at radius 2 is 1.80 bits per heavy atom. The number of hydrogen-bond acceptors (Lipinski definition) is 6. The average molecular weight is 425 g/mol. The molecule has 2 heterocycles. The highest BCUT2D eigenvalue weighted by molar-refractivity contribution is 6.33. The first-order valence-corrected chi connectivity index (χ1v) is 10.1. The van der Waals surface area contributed by atoms with Gasteiger partial charge in [0, 0.05) is 18.9 Å².